The molecule has 2 heterocycles. The van der Waals surface area contributed by atoms with Gasteiger partial charge in [-0.05, 0) is 23.6 Å². The van der Waals surface area contributed by atoms with Crippen molar-refractivity contribution in [2.75, 3.05) is 5.32 Å². The average Bonchev–Trinajstić information content (AvgIpc) is 3.06. The Labute approximate surface area is 134 Å². The van der Waals surface area contributed by atoms with Crippen molar-refractivity contribution in [3.05, 3.63) is 64.6 Å². The molecular formula is C16H12F3N3S. The van der Waals surface area contributed by atoms with Gasteiger partial charge in [0.25, 0.3) is 0 Å². The quantitative estimate of drug-likeness (QED) is 0.742. The number of nitrogens with zero attached hydrogens (tertiary/aromatic N) is 2. The number of thiophene rings is 1. The van der Waals surface area contributed by atoms with Gasteiger partial charge >= 0.3 is 6.18 Å². The molecule has 0 aliphatic carbocycles. The van der Waals surface area contributed by atoms with Gasteiger partial charge in [-0.2, -0.15) is 13.2 Å². The molecule has 3 rings (SSSR count). The van der Waals surface area contributed by atoms with E-state index in [1.807, 2.05) is 17.5 Å². The van der Waals surface area contributed by atoms with Gasteiger partial charge < -0.3 is 5.32 Å². The SMILES string of the molecule is FC(F)(F)c1cccc(-c2nccnc2NCc2cccs2)c1. The van der Waals surface area contributed by atoms with Gasteiger partial charge in [-0.1, -0.05) is 18.2 Å². The van der Waals surface area contributed by atoms with Crippen LogP contribution in [0.5, 0.6) is 0 Å². The summed E-state index contributed by atoms with van der Waals surface area (Å²) >= 11 is 1.59. The van der Waals surface area contributed by atoms with Crippen LogP contribution in [0, 0.1) is 0 Å². The van der Waals surface area contributed by atoms with Crippen LogP contribution in [0.1, 0.15) is 10.4 Å². The maximum Gasteiger partial charge on any atom is 0.416 e. The van der Waals surface area contributed by atoms with Crippen LogP contribution in [0.15, 0.2) is 54.2 Å². The number of benzene rings is 1. The lowest BCUT2D eigenvalue weighted by Crippen LogP contribution is -2.06. The smallest absolute Gasteiger partial charge is 0.363 e. The van der Waals surface area contributed by atoms with Crippen LogP contribution in [-0.2, 0) is 12.7 Å². The fourth-order valence-corrected chi connectivity index (χ4v) is 2.75. The zero-order valence-corrected chi connectivity index (χ0v) is 12.7. The Balaban J connectivity index is 1.91. The monoisotopic (exact) mass is 335 g/mol. The van der Waals surface area contributed by atoms with Crippen LogP contribution in [0.2, 0.25) is 0 Å². The van der Waals surface area contributed by atoms with Crippen molar-refractivity contribution in [2.24, 2.45) is 0 Å². The number of rotatable bonds is 4. The Morgan fingerprint density at radius 2 is 1.87 bits per heavy atom. The number of nitrogens with one attached hydrogen (secondary N) is 1. The van der Waals surface area contributed by atoms with Gasteiger partial charge in [-0.3, -0.25) is 4.98 Å². The molecule has 0 amide bonds. The largest absolute Gasteiger partial charge is 0.416 e. The van der Waals surface area contributed by atoms with Gasteiger partial charge in [0, 0.05) is 22.8 Å². The highest BCUT2D eigenvalue weighted by molar-refractivity contribution is 7.09. The summed E-state index contributed by atoms with van der Waals surface area (Å²) in [5.74, 6) is 0.459. The molecule has 1 aromatic carbocycles. The molecule has 2 aromatic heterocycles. The van der Waals surface area contributed by atoms with Gasteiger partial charge in [0.1, 0.15) is 5.69 Å². The number of anilines is 1. The maximum atomic E-state index is 12.9. The second-order valence-corrected chi connectivity index (χ2v) is 5.80. The van der Waals surface area contributed by atoms with Crippen LogP contribution in [0.25, 0.3) is 11.3 Å². The first-order valence-electron chi connectivity index (χ1n) is 6.79. The third-order valence-corrected chi connectivity index (χ3v) is 4.05. The Kier molecular flexibility index (Phi) is 4.29. The second kappa shape index (κ2) is 6.37. The van der Waals surface area contributed by atoms with Crippen molar-refractivity contribution >= 4 is 17.2 Å². The van der Waals surface area contributed by atoms with E-state index in [0.29, 0.717) is 23.6 Å². The second-order valence-electron chi connectivity index (χ2n) is 4.77. The zero-order valence-electron chi connectivity index (χ0n) is 11.8. The van der Waals surface area contributed by atoms with Crippen molar-refractivity contribution in [2.45, 2.75) is 12.7 Å². The van der Waals surface area contributed by atoms with Crippen LogP contribution < -0.4 is 5.32 Å². The number of alkyl halides is 3. The van der Waals surface area contributed by atoms with E-state index in [0.717, 1.165) is 17.0 Å². The van der Waals surface area contributed by atoms with Gasteiger partial charge in [0.15, 0.2) is 5.82 Å². The van der Waals surface area contributed by atoms with E-state index in [9.17, 15) is 13.2 Å². The van der Waals surface area contributed by atoms with Gasteiger partial charge in [-0.25, -0.2) is 4.98 Å². The first kappa shape index (κ1) is 15.5. The number of halogens is 3. The van der Waals surface area contributed by atoms with E-state index in [4.69, 9.17) is 0 Å². The van der Waals surface area contributed by atoms with E-state index < -0.39 is 11.7 Å². The van der Waals surface area contributed by atoms with Crippen LogP contribution in [0.4, 0.5) is 19.0 Å². The summed E-state index contributed by atoms with van der Waals surface area (Å²) in [6, 6.07) is 8.99. The Hall–Kier alpha value is -2.41. The van der Waals surface area contributed by atoms with Crippen molar-refractivity contribution in [3.63, 3.8) is 0 Å². The minimum absolute atomic E-state index is 0.376. The summed E-state index contributed by atoms with van der Waals surface area (Å²) in [5.41, 5.74) is 0.0709. The third kappa shape index (κ3) is 3.68. The lowest BCUT2D eigenvalue weighted by molar-refractivity contribution is -0.137. The van der Waals surface area contributed by atoms with Crippen LogP contribution in [0.3, 0.4) is 0 Å². The van der Waals surface area contributed by atoms with Crippen LogP contribution in [-0.4, -0.2) is 9.97 Å². The van der Waals surface area contributed by atoms with Gasteiger partial charge in [0.05, 0.1) is 12.1 Å². The Morgan fingerprint density at radius 3 is 2.61 bits per heavy atom. The van der Waals surface area contributed by atoms with Crippen molar-refractivity contribution in [3.8, 4) is 11.3 Å². The molecule has 23 heavy (non-hydrogen) atoms. The molecule has 7 heteroatoms. The van der Waals surface area contributed by atoms with E-state index >= 15 is 0 Å². The predicted molar refractivity (Wildman–Crippen MR) is 84.1 cm³/mol. The van der Waals surface area contributed by atoms with E-state index in [2.05, 4.69) is 15.3 Å². The Morgan fingerprint density at radius 1 is 1.04 bits per heavy atom. The molecule has 0 saturated carbocycles. The topological polar surface area (TPSA) is 37.8 Å². The minimum atomic E-state index is -4.39. The van der Waals surface area contributed by atoms with E-state index in [1.165, 1.54) is 18.5 Å². The van der Waals surface area contributed by atoms with Crippen LogP contribution >= 0.6 is 11.3 Å². The highest BCUT2D eigenvalue weighted by atomic mass is 32.1. The maximum absolute atomic E-state index is 12.9. The fourth-order valence-electron chi connectivity index (χ4n) is 2.11. The van der Waals surface area contributed by atoms with Crippen molar-refractivity contribution in [1.82, 2.24) is 9.97 Å². The van der Waals surface area contributed by atoms with Gasteiger partial charge in [-0.15, -0.1) is 11.3 Å². The molecule has 3 aromatic rings. The molecule has 0 atom stereocenters. The molecule has 1 N–H and O–H groups in total. The number of hydrogen-bond donors (Lipinski definition) is 1. The molecular weight excluding hydrogens is 323 g/mol. The number of aromatic nitrogens is 2. The highest BCUT2D eigenvalue weighted by Gasteiger charge is 2.30. The number of hydrogen-bond acceptors (Lipinski definition) is 4. The standard InChI is InChI=1S/C16H12F3N3S/c17-16(18,19)12-4-1-3-11(9-12)14-15(21-7-6-20-14)22-10-13-5-2-8-23-13/h1-9H,10H2,(H,21,22). The first-order valence-corrected chi connectivity index (χ1v) is 7.67. The summed E-state index contributed by atoms with van der Waals surface area (Å²) in [7, 11) is 0. The van der Waals surface area contributed by atoms with E-state index in [-0.39, 0.29) is 0 Å². The molecule has 0 bridgehead atoms. The lowest BCUT2D eigenvalue weighted by atomic mass is 10.1. The lowest BCUT2D eigenvalue weighted by Gasteiger charge is -2.11. The molecule has 118 valence electrons. The van der Waals surface area contributed by atoms with E-state index in [1.54, 1.807) is 17.4 Å². The molecule has 0 spiro atoms. The molecule has 0 aliphatic rings. The molecule has 0 fully saturated rings. The third-order valence-electron chi connectivity index (χ3n) is 3.17. The predicted octanol–water partition coefficient (Wildman–Crippen LogP) is 4.84. The Bertz CT molecular complexity index is 785. The summed E-state index contributed by atoms with van der Waals surface area (Å²) in [6.07, 6.45) is -1.41. The van der Waals surface area contributed by atoms with Crippen molar-refractivity contribution < 1.29 is 13.2 Å². The summed E-state index contributed by atoms with van der Waals surface area (Å²) in [5, 5.41) is 5.09. The summed E-state index contributed by atoms with van der Waals surface area (Å²) in [4.78, 5) is 9.48. The average molecular weight is 335 g/mol. The zero-order chi connectivity index (χ0) is 16.3. The normalized spacial score (nSPS) is 11.4. The molecule has 0 radical (unpaired) electrons. The summed E-state index contributed by atoms with van der Waals surface area (Å²) < 4.78 is 38.6. The summed E-state index contributed by atoms with van der Waals surface area (Å²) in [6.45, 7) is 0.544. The fraction of sp³-hybridized carbons (Fsp3) is 0.125. The minimum Gasteiger partial charge on any atom is -0.363 e. The first-order chi connectivity index (χ1) is 11.0. The molecule has 3 nitrogen and oxygen atoms in total. The molecule has 0 saturated heterocycles. The molecule has 0 unspecified atom stereocenters. The van der Waals surface area contributed by atoms with Gasteiger partial charge in [0.2, 0.25) is 0 Å². The highest BCUT2D eigenvalue weighted by Crippen LogP contribution is 2.33. The van der Waals surface area contributed by atoms with Crippen molar-refractivity contribution in [1.29, 1.82) is 0 Å². The molecule has 0 aliphatic heterocycles.